The zero-order valence-corrected chi connectivity index (χ0v) is 11.0. The average molecular weight is 253 g/mol. The Bertz CT molecular complexity index is 429. The van der Waals surface area contributed by atoms with Crippen molar-refractivity contribution in [2.45, 2.75) is 45.6 Å². The smallest absolute Gasteiger partial charge is 0.162 e. The maximum Gasteiger partial charge on any atom is 0.162 e. The highest BCUT2D eigenvalue weighted by Crippen LogP contribution is 2.39. The van der Waals surface area contributed by atoms with Gasteiger partial charge in [0, 0.05) is 6.04 Å². The fourth-order valence-corrected chi connectivity index (χ4v) is 2.97. The van der Waals surface area contributed by atoms with Gasteiger partial charge in [-0.3, -0.25) is 0 Å². The molecule has 2 N–H and O–H groups in total. The Kier molecular flexibility index (Phi) is 3.71. The summed E-state index contributed by atoms with van der Waals surface area (Å²) in [7, 11) is 0. The molecule has 2 unspecified atom stereocenters. The first-order chi connectivity index (χ1) is 8.39. The molecule has 18 heavy (non-hydrogen) atoms. The van der Waals surface area contributed by atoms with Gasteiger partial charge in [-0.25, -0.2) is 8.78 Å². The number of hydrogen-bond donors (Lipinski definition) is 1. The fraction of sp³-hybridized carbons (Fsp3) is 0.600. The van der Waals surface area contributed by atoms with Gasteiger partial charge in [-0.2, -0.15) is 0 Å². The molecule has 0 bridgehead atoms. The van der Waals surface area contributed by atoms with Gasteiger partial charge in [0.2, 0.25) is 0 Å². The van der Waals surface area contributed by atoms with Crippen LogP contribution < -0.4 is 5.73 Å². The predicted molar refractivity (Wildman–Crippen MR) is 69.2 cm³/mol. The van der Waals surface area contributed by atoms with Crippen LogP contribution in [0.15, 0.2) is 18.2 Å². The first-order valence-corrected chi connectivity index (χ1v) is 6.57. The molecule has 1 saturated carbocycles. The largest absolute Gasteiger partial charge is 0.327 e. The van der Waals surface area contributed by atoms with Crippen molar-refractivity contribution < 1.29 is 8.78 Å². The van der Waals surface area contributed by atoms with Gasteiger partial charge in [-0.15, -0.1) is 0 Å². The summed E-state index contributed by atoms with van der Waals surface area (Å²) in [4.78, 5) is 0. The summed E-state index contributed by atoms with van der Waals surface area (Å²) in [6.07, 6.45) is 3.59. The van der Waals surface area contributed by atoms with Crippen LogP contribution in [-0.2, 0) is 6.42 Å². The number of nitrogens with two attached hydrogens (primary N) is 1. The van der Waals surface area contributed by atoms with Crippen LogP contribution in [0.25, 0.3) is 0 Å². The van der Waals surface area contributed by atoms with E-state index in [9.17, 15) is 8.78 Å². The van der Waals surface area contributed by atoms with Crippen LogP contribution in [0.4, 0.5) is 8.78 Å². The highest BCUT2D eigenvalue weighted by atomic mass is 19.2. The van der Waals surface area contributed by atoms with E-state index in [1.54, 1.807) is 12.1 Å². The molecular weight excluding hydrogens is 232 g/mol. The molecule has 3 heteroatoms. The summed E-state index contributed by atoms with van der Waals surface area (Å²) >= 11 is 0. The molecule has 1 fully saturated rings. The topological polar surface area (TPSA) is 26.0 Å². The maximum atomic E-state index is 13.7. The van der Waals surface area contributed by atoms with E-state index in [4.69, 9.17) is 5.73 Å². The van der Waals surface area contributed by atoms with E-state index < -0.39 is 11.6 Å². The minimum Gasteiger partial charge on any atom is -0.327 e. The van der Waals surface area contributed by atoms with Gasteiger partial charge in [0.1, 0.15) is 0 Å². The van der Waals surface area contributed by atoms with Gasteiger partial charge in [0.15, 0.2) is 11.6 Å². The molecule has 1 aromatic rings. The van der Waals surface area contributed by atoms with Crippen LogP contribution in [0.2, 0.25) is 0 Å². The van der Waals surface area contributed by atoms with E-state index in [1.165, 1.54) is 0 Å². The molecular formula is C15H21F2N. The van der Waals surface area contributed by atoms with Crippen molar-refractivity contribution in [1.82, 2.24) is 0 Å². The lowest BCUT2D eigenvalue weighted by molar-refractivity contribution is 0.156. The monoisotopic (exact) mass is 253 g/mol. The van der Waals surface area contributed by atoms with E-state index in [0.29, 0.717) is 12.0 Å². The molecule has 0 heterocycles. The molecule has 2 atom stereocenters. The summed E-state index contributed by atoms with van der Waals surface area (Å²) < 4.78 is 26.8. The Morgan fingerprint density at radius 1 is 1.33 bits per heavy atom. The van der Waals surface area contributed by atoms with Crippen molar-refractivity contribution in [1.29, 1.82) is 0 Å². The third-order valence-electron chi connectivity index (χ3n) is 4.09. The highest BCUT2D eigenvalue weighted by molar-refractivity contribution is 5.20. The molecule has 1 aromatic carbocycles. The van der Waals surface area contributed by atoms with Crippen LogP contribution >= 0.6 is 0 Å². The summed E-state index contributed by atoms with van der Waals surface area (Å²) in [5.41, 5.74) is 6.83. The van der Waals surface area contributed by atoms with Gasteiger partial charge >= 0.3 is 0 Å². The summed E-state index contributed by atoms with van der Waals surface area (Å²) in [5.74, 6) is -1.24. The molecule has 0 aliphatic heterocycles. The molecule has 0 saturated heterocycles. The SMILES string of the molecule is CC1(C)CCC(N)C(Cc2cccc(F)c2F)C1. The first kappa shape index (κ1) is 13.5. The summed E-state index contributed by atoms with van der Waals surface area (Å²) in [6, 6.07) is 4.48. The van der Waals surface area contributed by atoms with Gasteiger partial charge in [-0.1, -0.05) is 26.0 Å². The van der Waals surface area contributed by atoms with Crippen LogP contribution in [0.5, 0.6) is 0 Å². The molecule has 0 spiro atoms. The Balaban J connectivity index is 2.15. The number of benzene rings is 1. The second-order valence-electron chi connectivity index (χ2n) is 6.25. The lowest BCUT2D eigenvalue weighted by Gasteiger charge is -2.39. The minimum absolute atomic E-state index is 0.0979. The Hall–Kier alpha value is -0.960. The average Bonchev–Trinajstić information content (AvgIpc) is 2.29. The fourth-order valence-electron chi connectivity index (χ4n) is 2.97. The second-order valence-corrected chi connectivity index (χ2v) is 6.25. The summed E-state index contributed by atoms with van der Waals surface area (Å²) in [5, 5.41) is 0. The zero-order chi connectivity index (χ0) is 13.3. The Morgan fingerprint density at radius 3 is 2.78 bits per heavy atom. The van der Waals surface area contributed by atoms with Crippen LogP contribution in [0.3, 0.4) is 0 Å². The molecule has 2 rings (SSSR count). The molecule has 0 aromatic heterocycles. The second kappa shape index (κ2) is 4.96. The molecule has 0 radical (unpaired) electrons. The van der Waals surface area contributed by atoms with Crippen LogP contribution in [0.1, 0.15) is 38.7 Å². The first-order valence-electron chi connectivity index (χ1n) is 6.57. The van der Waals surface area contributed by atoms with Crippen molar-refractivity contribution in [3.05, 3.63) is 35.4 Å². The number of halogens is 2. The van der Waals surface area contributed by atoms with Crippen molar-refractivity contribution in [3.8, 4) is 0 Å². The Labute approximate surface area is 107 Å². The predicted octanol–water partition coefficient (Wildman–Crippen LogP) is 3.66. The van der Waals surface area contributed by atoms with Crippen LogP contribution in [-0.4, -0.2) is 6.04 Å². The third kappa shape index (κ3) is 2.89. The lowest BCUT2D eigenvalue weighted by Crippen LogP contribution is -2.40. The number of rotatable bonds is 2. The number of hydrogen-bond acceptors (Lipinski definition) is 1. The molecule has 100 valence electrons. The van der Waals surface area contributed by atoms with Crippen molar-refractivity contribution >= 4 is 0 Å². The van der Waals surface area contributed by atoms with Gasteiger partial charge in [-0.05, 0) is 48.6 Å². The van der Waals surface area contributed by atoms with Crippen LogP contribution in [0, 0.1) is 23.0 Å². The van der Waals surface area contributed by atoms with E-state index in [1.807, 2.05) is 0 Å². The van der Waals surface area contributed by atoms with Gasteiger partial charge in [0.25, 0.3) is 0 Å². The minimum atomic E-state index is -0.767. The van der Waals surface area contributed by atoms with E-state index >= 15 is 0 Å². The molecule has 1 aliphatic rings. The Morgan fingerprint density at radius 2 is 2.06 bits per heavy atom. The third-order valence-corrected chi connectivity index (χ3v) is 4.09. The standard InChI is InChI=1S/C15H21F2N/c1-15(2)7-6-13(18)11(9-15)8-10-4-3-5-12(16)14(10)17/h3-5,11,13H,6-9,18H2,1-2H3. The normalized spacial score (nSPS) is 27.2. The van der Waals surface area contributed by atoms with Crippen molar-refractivity contribution in [3.63, 3.8) is 0 Å². The van der Waals surface area contributed by atoms with E-state index in [2.05, 4.69) is 13.8 Å². The van der Waals surface area contributed by atoms with Crippen molar-refractivity contribution in [2.24, 2.45) is 17.1 Å². The quantitative estimate of drug-likeness (QED) is 0.855. The maximum absolute atomic E-state index is 13.7. The molecule has 0 amide bonds. The zero-order valence-electron chi connectivity index (χ0n) is 11.0. The highest BCUT2D eigenvalue weighted by Gasteiger charge is 2.33. The molecule has 1 aliphatic carbocycles. The van der Waals surface area contributed by atoms with E-state index in [-0.39, 0.29) is 17.4 Å². The van der Waals surface area contributed by atoms with Gasteiger partial charge < -0.3 is 5.73 Å². The summed E-state index contributed by atoms with van der Waals surface area (Å²) in [6.45, 7) is 4.43. The molecule has 1 nitrogen and oxygen atoms in total. The van der Waals surface area contributed by atoms with Crippen molar-refractivity contribution in [2.75, 3.05) is 0 Å². The van der Waals surface area contributed by atoms with Gasteiger partial charge in [0.05, 0.1) is 0 Å². The van der Waals surface area contributed by atoms with E-state index in [0.717, 1.165) is 25.3 Å². The lowest BCUT2D eigenvalue weighted by atomic mass is 9.68.